The van der Waals surface area contributed by atoms with Gasteiger partial charge in [-0.05, 0) is 30.9 Å². The van der Waals surface area contributed by atoms with Gasteiger partial charge in [-0.15, -0.1) is 0 Å². The number of fused-ring (bicyclic) bond motifs is 1. The van der Waals surface area contributed by atoms with Gasteiger partial charge in [0.05, 0.1) is 19.0 Å². The summed E-state index contributed by atoms with van der Waals surface area (Å²) in [5, 5.41) is 5.44. The number of nitrogens with zero attached hydrogens (tertiary/aromatic N) is 3. The van der Waals surface area contributed by atoms with Crippen LogP contribution < -0.4 is 10.1 Å². The van der Waals surface area contributed by atoms with E-state index in [1.807, 2.05) is 25.3 Å². The molecule has 3 aromatic rings. The molecule has 21 heavy (non-hydrogen) atoms. The molecule has 0 spiro atoms. The van der Waals surface area contributed by atoms with Gasteiger partial charge in [0, 0.05) is 11.6 Å². The average Bonchev–Trinajstić information content (AvgIpc) is 2.49. The highest BCUT2D eigenvalue weighted by Gasteiger charge is 2.05. The molecule has 5 nitrogen and oxygen atoms in total. The minimum atomic E-state index is 0.511. The molecule has 5 heteroatoms. The van der Waals surface area contributed by atoms with Gasteiger partial charge in [0.2, 0.25) is 5.88 Å². The molecule has 3 rings (SSSR count). The van der Waals surface area contributed by atoms with Crippen molar-refractivity contribution < 1.29 is 4.74 Å². The lowest BCUT2D eigenvalue weighted by Crippen LogP contribution is -2.00. The zero-order chi connectivity index (χ0) is 14.8. The molecule has 0 aliphatic rings. The molecule has 0 radical (unpaired) electrons. The first-order valence-corrected chi connectivity index (χ1v) is 6.67. The fourth-order valence-corrected chi connectivity index (χ4v) is 2.21. The second-order valence-corrected chi connectivity index (χ2v) is 4.84. The number of pyridine rings is 1. The average molecular weight is 280 g/mol. The monoisotopic (exact) mass is 280 g/mol. The molecule has 1 aromatic carbocycles. The summed E-state index contributed by atoms with van der Waals surface area (Å²) in [5.41, 5.74) is 1.97. The van der Waals surface area contributed by atoms with Gasteiger partial charge in [-0.25, -0.2) is 4.98 Å². The predicted molar refractivity (Wildman–Crippen MR) is 83.1 cm³/mol. The molecule has 2 aromatic heterocycles. The lowest BCUT2D eigenvalue weighted by Gasteiger charge is -2.09. The van der Waals surface area contributed by atoms with Gasteiger partial charge in [-0.1, -0.05) is 18.2 Å². The molecular formula is C16H16N4O. The Morgan fingerprint density at radius 2 is 1.90 bits per heavy atom. The van der Waals surface area contributed by atoms with E-state index in [1.165, 1.54) is 5.56 Å². The fraction of sp³-hybridized carbons (Fsp3) is 0.188. The smallest absolute Gasteiger partial charge is 0.237 e. The van der Waals surface area contributed by atoms with E-state index in [0.29, 0.717) is 11.7 Å². The van der Waals surface area contributed by atoms with Crippen LogP contribution in [0.3, 0.4) is 0 Å². The lowest BCUT2D eigenvalue weighted by molar-refractivity contribution is 0.392. The van der Waals surface area contributed by atoms with Crippen LogP contribution in [0.2, 0.25) is 0 Å². The van der Waals surface area contributed by atoms with Crippen molar-refractivity contribution in [2.45, 2.75) is 13.8 Å². The van der Waals surface area contributed by atoms with Crippen molar-refractivity contribution in [1.29, 1.82) is 0 Å². The summed E-state index contributed by atoms with van der Waals surface area (Å²) >= 11 is 0. The number of aryl methyl sites for hydroxylation is 2. The highest BCUT2D eigenvalue weighted by atomic mass is 16.5. The maximum Gasteiger partial charge on any atom is 0.237 e. The van der Waals surface area contributed by atoms with Crippen molar-refractivity contribution in [3.63, 3.8) is 0 Å². The Labute approximate surface area is 123 Å². The van der Waals surface area contributed by atoms with E-state index < -0.39 is 0 Å². The van der Waals surface area contributed by atoms with E-state index >= 15 is 0 Å². The molecule has 0 unspecified atom stereocenters. The number of anilines is 2. The highest BCUT2D eigenvalue weighted by molar-refractivity contribution is 5.87. The number of nitrogens with one attached hydrogen (secondary N) is 1. The molecule has 2 heterocycles. The molecule has 0 aliphatic heterocycles. The minimum absolute atomic E-state index is 0.511. The fourth-order valence-electron chi connectivity index (χ4n) is 2.21. The first-order valence-electron chi connectivity index (χ1n) is 6.67. The number of ether oxygens (including phenoxy) is 1. The third kappa shape index (κ3) is 2.63. The van der Waals surface area contributed by atoms with E-state index in [9.17, 15) is 0 Å². The van der Waals surface area contributed by atoms with Crippen molar-refractivity contribution >= 4 is 22.4 Å². The topological polar surface area (TPSA) is 59.9 Å². The molecule has 1 N–H and O–H groups in total. The van der Waals surface area contributed by atoms with E-state index in [1.54, 1.807) is 13.3 Å². The quantitative estimate of drug-likeness (QED) is 0.796. The van der Waals surface area contributed by atoms with Crippen LogP contribution in [0.15, 0.2) is 36.7 Å². The minimum Gasteiger partial charge on any atom is -0.480 e. The van der Waals surface area contributed by atoms with Crippen molar-refractivity contribution in [3.8, 4) is 5.88 Å². The molecule has 0 fully saturated rings. The summed E-state index contributed by atoms with van der Waals surface area (Å²) < 4.78 is 5.18. The van der Waals surface area contributed by atoms with Crippen LogP contribution in [-0.4, -0.2) is 22.1 Å². The summed E-state index contributed by atoms with van der Waals surface area (Å²) in [6, 6.07) is 8.18. The van der Waals surface area contributed by atoms with Crippen LogP contribution in [0.5, 0.6) is 5.88 Å². The van der Waals surface area contributed by atoms with Gasteiger partial charge in [0.25, 0.3) is 0 Å². The van der Waals surface area contributed by atoms with Crippen molar-refractivity contribution in [3.05, 3.63) is 47.9 Å². The summed E-state index contributed by atoms with van der Waals surface area (Å²) in [6.07, 6.45) is 3.53. The van der Waals surface area contributed by atoms with Crippen molar-refractivity contribution in [2.24, 2.45) is 0 Å². The summed E-state index contributed by atoms with van der Waals surface area (Å²) in [5.74, 6) is 1.85. The third-order valence-electron chi connectivity index (χ3n) is 3.34. The summed E-state index contributed by atoms with van der Waals surface area (Å²) in [7, 11) is 1.58. The van der Waals surface area contributed by atoms with Crippen molar-refractivity contribution in [1.82, 2.24) is 15.0 Å². The zero-order valence-electron chi connectivity index (χ0n) is 12.2. The van der Waals surface area contributed by atoms with Crippen LogP contribution in [0.1, 0.15) is 11.3 Å². The number of hydrogen-bond donors (Lipinski definition) is 1. The number of rotatable bonds is 3. The Kier molecular flexibility index (Phi) is 3.39. The molecule has 0 atom stereocenters. The molecular weight excluding hydrogens is 264 g/mol. The van der Waals surface area contributed by atoms with E-state index in [2.05, 4.69) is 39.3 Å². The summed E-state index contributed by atoms with van der Waals surface area (Å²) in [6.45, 7) is 3.93. The van der Waals surface area contributed by atoms with E-state index in [-0.39, 0.29) is 0 Å². The summed E-state index contributed by atoms with van der Waals surface area (Å²) in [4.78, 5) is 13.0. The lowest BCUT2D eigenvalue weighted by atomic mass is 10.1. The van der Waals surface area contributed by atoms with Gasteiger partial charge in [0.1, 0.15) is 5.82 Å². The van der Waals surface area contributed by atoms with Crippen LogP contribution in [0.4, 0.5) is 11.6 Å². The standard InChI is InChI=1S/C16H16N4O/c1-10-5-4-6-12-7-14(18-8-13(10)12)19-15-9-17-11(2)16(20-15)21-3/h4-9H,1-3H3,(H,18,19,20). The Bertz CT molecular complexity index is 801. The highest BCUT2D eigenvalue weighted by Crippen LogP contribution is 2.22. The second kappa shape index (κ2) is 5.36. The Morgan fingerprint density at radius 1 is 1.05 bits per heavy atom. The number of hydrogen-bond acceptors (Lipinski definition) is 5. The maximum absolute atomic E-state index is 5.18. The molecule has 0 saturated carbocycles. The third-order valence-corrected chi connectivity index (χ3v) is 3.34. The van der Waals surface area contributed by atoms with E-state index in [0.717, 1.165) is 22.3 Å². The van der Waals surface area contributed by atoms with E-state index in [4.69, 9.17) is 4.74 Å². The second-order valence-electron chi connectivity index (χ2n) is 4.84. The largest absolute Gasteiger partial charge is 0.480 e. The predicted octanol–water partition coefficient (Wildman–Crippen LogP) is 3.39. The molecule has 0 aliphatic carbocycles. The normalized spacial score (nSPS) is 10.6. The van der Waals surface area contributed by atoms with Crippen LogP contribution in [0.25, 0.3) is 10.8 Å². The van der Waals surface area contributed by atoms with Gasteiger partial charge in [-0.2, -0.15) is 4.98 Å². The SMILES string of the molecule is COc1nc(Nc2cc3cccc(C)c3cn2)cnc1C. The van der Waals surface area contributed by atoms with Crippen LogP contribution >= 0.6 is 0 Å². The van der Waals surface area contributed by atoms with Crippen LogP contribution in [0, 0.1) is 13.8 Å². The maximum atomic E-state index is 5.18. The number of aromatic nitrogens is 3. The Balaban J connectivity index is 1.94. The molecule has 0 bridgehead atoms. The Morgan fingerprint density at radius 3 is 2.71 bits per heavy atom. The Hall–Kier alpha value is -2.69. The molecule has 106 valence electrons. The zero-order valence-corrected chi connectivity index (χ0v) is 12.2. The molecule has 0 amide bonds. The van der Waals surface area contributed by atoms with Gasteiger partial charge in [-0.3, -0.25) is 4.98 Å². The first kappa shape index (κ1) is 13.3. The van der Waals surface area contributed by atoms with Crippen molar-refractivity contribution in [2.75, 3.05) is 12.4 Å². The number of methoxy groups -OCH3 is 1. The first-order chi connectivity index (χ1) is 10.2. The molecule has 0 saturated heterocycles. The van der Waals surface area contributed by atoms with Gasteiger partial charge >= 0.3 is 0 Å². The number of benzene rings is 1. The van der Waals surface area contributed by atoms with Crippen LogP contribution in [-0.2, 0) is 0 Å². The van der Waals surface area contributed by atoms with Gasteiger partial charge in [0.15, 0.2) is 5.82 Å². The van der Waals surface area contributed by atoms with Gasteiger partial charge < -0.3 is 10.1 Å².